The van der Waals surface area contributed by atoms with Crippen LogP contribution in [0.25, 0.3) is 17.2 Å². The van der Waals surface area contributed by atoms with E-state index >= 15 is 0 Å². The summed E-state index contributed by atoms with van der Waals surface area (Å²) >= 11 is 0. The fourth-order valence-corrected chi connectivity index (χ4v) is 5.67. The van der Waals surface area contributed by atoms with E-state index in [4.69, 9.17) is 0 Å². The van der Waals surface area contributed by atoms with Crippen molar-refractivity contribution in [3.63, 3.8) is 0 Å². The predicted molar refractivity (Wildman–Crippen MR) is 150 cm³/mol. The largest absolute Gasteiger partial charge is 0.478 e. The number of aryl methyl sites for hydroxylation is 1. The number of aromatic carboxylic acids is 1. The molecular formula is C33H32F3NO2. The van der Waals surface area contributed by atoms with E-state index in [1.54, 1.807) is 19.1 Å². The summed E-state index contributed by atoms with van der Waals surface area (Å²) < 4.78 is 39.3. The van der Waals surface area contributed by atoms with Crippen LogP contribution in [-0.2, 0) is 6.42 Å². The number of benzene rings is 3. The van der Waals surface area contributed by atoms with Crippen LogP contribution in [0.15, 0.2) is 60.2 Å². The minimum Gasteiger partial charge on any atom is -0.478 e. The number of hydrogen-bond acceptors (Lipinski definition) is 2. The van der Waals surface area contributed by atoms with Crippen molar-refractivity contribution in [3.05, 3.63) is 110 Å². The average Bonchev–Trinajstić information content (AvgIpc) is 3.08. The molecule has 0 bridgehead atoms. The fraction of sp³-hybridized carbons (Fsp3) is 0.303. The molecule has 0 unspecified atom stereocenters. The average molecular weight is 532 g/mol. The molecular weight excluding hydrogens is 499 g/mol. The van der Waals surface area contributed by atoms with Crippen molar-refractivity contribution < 1.29 is 23.1 Å². The van der Waals surface area contributed by atoms with E-state index in [-0.39, 0.29) is 17.8 Å². The topological polar surface area (TPSA) is 40.5 Å². The number of likely N-dealkylation sites (tertiary alicyclic amines) is 1. The Labute approximate surface area is 227 Å². The number of halogens is 3. The van der Waals surface area contributed by atoms with E-state index in [0.717, 1.165) is 63.8 Å². The smallest absolute Gasteiger partial charge is 0.335 e. The second-order valence-electron chi connectivity index (χ2n) is 10.5. The third-order valence-corrected chi connectivity index (χ3v) is 7.93. The van der Waals surface area contributed by atoms with Gasteiger partial charge in [-0.25, -0.2) is 18.0 Å². The van der Waals surface area contributed by atoms with Gasteiger partial charge < -0.3 is 5.11 Å². The summed E-state index contributed by atoms with van der Waals surface area (Å²) in [5.74, 6) is -1.17. The second kappa shape index (κ2) is 11.2. The Balaban J connectivity index is 1.54. The van der Waals surface area contributed by atoms with Crippen LogP contribution in [0.1, 0.15) is 68.6 Å². The van der Waals surface area contributed by atoms with Gasteiger partial charge in [0, 0.05) is 26.1 Å². The van der Waals surface area contributed by atoms with Crippen LogP contribution < -0.4 is 0 Å². The summed E-state index contributed by atoms with van der Waals surface area (Å²) in [6.45, 7) is 5.60. The number of carboxylic acid groups (broad SMARTS) is 1. The lowest BCUT2D eigenvalue weighted by Crippen LogP contribution is -2.40. The van der Waals surface area contributed by atoms with Gasteiger partial charge in [0.1, 0.15) is 5.82 Å². The highest BCUT2D eigenvalue weighted by molar-refractivity contribution is 6.01. The van der Waals surface area contributed by atoms with Crippen LogP contribution in [-0.4, -0.2) is 42.0 Å². The Hall–Kier alpha value is -3.64. The maximum absolute atomic E-state index is 14.4. The molecule has 0 radical (unpaired) electrons. The van der Waals surface area contributed by atoms with Crippen molar-refractivity contribution in [2.45, 2.75) is 46.0 Å². The SMILES string of the molecule is Cc1c(F)ccc(C2=C(c3ccc(C=C4CN(CCC(F)F)C4)cc3)c3ccc(C(=O)O)cc3CCC2)c1C. The summed E-state index contributed by atoms with van der Waals surface area (Å²) in [5, 5.41) is 9.57. The predicted octanol–water partition coefficient (Wildman–Crippen LogP) is 7.79. The number of carbonyl (C=O) groups is 1. The number of fused-ring (bicyclic) bond motifs is 1. The lowest BCUT2D eigenvalue weighted by atomic mass is 9.85. The highest BCUT2D eigenvalue weighted by atomic mass is 19.3. The van der Waals surface area contributed by atoms with Crippen LogP contribution in [0.3, 0.4) is 0 Å². The van der Waals surface area contributed by atoms with Crippen molar-refractivity contribution >= 4 is 23.2 Å². The fourth-order valence-electron chi connectivity index (χ4n) is 5.67. The van der Waals surface area contributed by atoms with Crippen molar-refractivity contribution in [1.82, 2.24) is 4.90 Å². The van der Waals surface area contributed by atoms with E-state index in [2.05, 4.69) is 30.3 Å². The van der Waals surface area contributed by atoms with Gasteiger partial charge in [-0.15, -0.1) is 0 Å². The lowest BCUT2D eigenvalue weighted by Gasteiger charge is -2.34. The maximum atomic E-state index is 14.4. The molecule has 0 saturated carbocycles. The van der Waals surface area contributed by atoms with Crippen LogP contribution in [0.5, 0.6) is 0 Å². The first-order valence-corrected chi connectivity index (χ1v) is 13.4. The van der Waals surface area contributed by atoms with E-state index in [1.165, 1.54) is 11.6 Å². The molecule has 1 fully saturated rings. The standard InChI is InChI=1S/C33H32F3NO2/c1-20-21(2)30(34)13-12-27(20)29-5-3-4-25-17-26(33(38)39)10-11-28(25)32(29)24-8-6-22(7-9-24)16-23-18-37(19-23)15-14-31(35)36/h6-13,16-17,31H,3-5,14-15,18-19H2,1-2H3,(H,38,39). The first-order chi connectivity index (χ1) is 18.7. The Bertz CT molecular complexity index is 1460. The number of alkyl halides is 2. The van der Waals surface area contributed by atoms with Gasteiger partial charge in [0.15, 0.2) is 0 Å². The van der Waals surface area contributed by atoms with Gasteiger partial charge in [0.2, 0.25) is 6.43 Å². The van der Waals surface area contributed by atoms with Crippen LogP contribution in [0.4, 0.5) is 13.2 Å². The summed E-state index contributed by atoms with van der Waals surface area (Å²) in [4.78, 5) is 13.7. The Morgan fingerprint density at radius 2 is 1.69 bits per heavy atom. The number of carboxylic acids is 1. The molecule has 0 aromatic heterocycles. The Morgan fingerprint density at radius 3 is 2.38 bits per heavy atom. The molecule has 2 aliphatic rings. The third kappa shape index (κ3) is 5.71. The van der Waals surface area contributed by atoms with E-state index in [1.807, 2.05) is 24.0 Å². The monoisotopic (exact) mass is 531 g/mol. The summed E-state index contributed by atoms with van der Waals surface area (Å²) in [7, 11) is 0. The molecule has 3 aromatic carbocycles. The number of allylic oxidation sites excluding steroid dienone is 1. The molecule has 0 spiro atoms. The van der Waals surface area contributed by atoms with Gasteiger partial charge in [-0.05, 0) is 107 Å². The highest BCUT2D eigenvalue weighted by Gasteiger charge is 2.24. The van der Waals surface area contributed by atoms with Crippen LogP contribution >= 0.6 is 0 Å². The molecule has 1 N–H and O–H groups in total. The molecule has 3 nitrogen and oxygen atoms in total. The lowest BCUT2D eigenvalue weighted by molar-refractivity contribution is 0.0696. The van der Waals surface area contributed by atoms with Crippen molar-refractivity contribution in [3.8, 4) is 0 Å². The maximum Gasteiger partial charge on any atom is 0.335 e. The van der Waals surface area contributed by atoms with Gasteiger partial charge in [-0.1, -0.05) is 42.5 Å². The quantitative estimate of drug-likeness (QED) is 0.338. The Morgan fingerprint density at radius 1 is 0.974 bits per heavy atom. The zero-order chi connectivity index (χ0) is 27.7. The molecule has 3 aromatic rings. The minimum atomic E-state index is -2.27. The highest BCUT2D eigenvalue weighted by Crippen LogP contribution is 2.41. The van der Waals surface area contributed by atoms with E-state index in [0.29, 0.717) is 25.2 Å². The molecule has 6 heteroatoms. The number of nitrogens with zero attached hydrogens (tertiary/aromatic N) is 1. The summed E-state index contributed by atoms with van der Waals surface area (Å²) in [5.41, 5.74) is 10.3. The first kappa shape index (κ1) is 26.9. The molecule has 39 heavy (non-hydrogen) atoms. The number of rotatable bonds is 7. The summed E-state index contributed by atoms with van der Waals surface area (Å²) in [6, 6.07) is 17.0. The molecule has 0 atom stereocenters. The minimum absolute atomic E-state index is 0.0953. The van der Waals surface area contributed by atoms with Crippen molar-refractivity contribution in [2.24, 2.45) is 0 Å². The third-order valence-electron chi connectivity index (χ3n) is 7.93. The van der Waals surface area contributed by atoms with Gasteiger partial charge in [0.25, 0.3) is 0 Å². The van der Waals surface area contributed by atoms with Gasteiger partial charge in [0.05, 0.1) is 5.56 Å². The van der Waals surface area contributed by atoms with Crippen LogP contribution in [0, 0.1) is 19.7 Å². The van der Waals surface area contributed by atoms with Crippen molar-refractivity contribution in [2.75, 3.05) is 19.6 Å². The Kier molecular flexibility index (Phi) is 7.76. The van der Waals surface area contributed by atoms with Crippen LogP contribution in [0.2, 0.25) is 0 Å². The molecule has 1 heterocycles. The van der Waals surface area contributed by atoms with E-state index in [9.17, 15) is 23.1 Å². The van der Waals surface area contributed by atoms with Gasteiger partial charge in [-0.2, -0.15) is 0 Å². The van der Waals surface area contributed by atoms with Crippen molar-refractivity contribution in [1.29, 1.82) is 0 Å². The molecule has 202 valence electrons. The molecule has 1 aliphatic heterocycles. The second-order valence-corrected chi connectivity index (χ2v) is 10.5. The van der Waals surface area contributed by atoms with Gasteiger partial charge >= 0.3 is 5.97 Å². The molecule has 5 rings (SSSR count). The zero-order valence-corrected chi connectivity index (χ0v) is 22.2. The molecule has 1 aliphatic carbocycles. The zero-order valence-electron chi connectivity index (χ0n) is 22.2. The molecule has 0 amide bonds. The molecule has 1 saturated heterocycles. The number of hydrogen-bond donors (Lipinski definition) is 1. The van der Waals surface area contributed by atoms with Gasteiger partial charge in [-0.3, -0.25) is 4.90 Å². The first-order valence-electron chi connectivity index (χ1n) is 13.4. The normalized spacial score (nSPS) is 15.7. The summed E-state index contributed by atoms with van der Waals surface area (Å²) in [6.07, 6.45) is 2.16. The van der Waals surface area contributed by atoms with E-state index < -0.39 is 12.4 Å².